The van der Waals surface area contributed by atoms with Crippen LogP contribution in [0.3, 0.4) is 0 Å². The summed E-state index contributed by atoms with van der Waals surface area (Å²) in [7, 11) is 0. The molecule has 3 rings (SSSR count). The Morgan fingerprint density at radius 3 is 2.70 bits per heavy atom. The molecule has 0 saturated carbocycles. The average Bonchev–Trinajstić information content (AvgIpc) is 2.54. The van der Waals surface area contributed by atoms with E-state index in [4.69, 9.17) is 16.3 Å². The fourth-order valence-corrected chi connectivity index (χ4v) is 2.75. The summed E-state index contributed by atoms with van der Waals surface area (Å²) in [5.74, 6) is -0.880. The molecule has 1 aliphatic rings. The van der Waals surface area contributed by atoms with Crippen LogP contribution in [0.1, 0.15) is 18.5 Å². The number of aromatic hydroxyl groups is 1. The van der Waals surface area contributed by atoms with Crippen molar-refractivity contribution in [3.63, 3.8) is 0 Å². The summed E-state index contributed by atoms with van der Waals surface area (Å²) in [5.41, 5.74) is 1.03. The smallest absolute Gasteiger partial charge is 0.137 e. The van der Waals surface area contributed by atoms with E-state index < -0.39 is 5.82 Å². The fraction of sp³-hybridized carbons (Fsp3) is 0.375. The molecule has 0 aliphatic carbocycles. The van der Waals surface area contributed by atoms with Gasteiger partial charge in [0.15, 0.2) is 0 Å². The lowest BCUT2D eigenvalue weighted by Gasteiger charge is -2.22. The number of nitrogens with zero attached hydrogens (tertiary/aromatic N) is 2. The Bertz CT molecular complexity index is 653. The zero-order valence-electron chi connectivity index (χ0n) is 12.4. The minimum Gasteiger partial charge on any atom is -0.507 e. The summed E-state index contributed by atoms with van der Waals surface area (Å²) in [5, 5.41) is 21.5. The molecule has 0 unspecified atom stereocenters. The van der Waals surface area contributed by atoms with Crippen molar-refractivity contribution in [2.45, 2.75) is 25.4 Å². The highest BCUT2D eigenvalue weighted by Crippen LogP contribution is 2.33. The van der Waals surface area contributed by atoms with Gasteiger partial charge in [0.05, 0.1) is 17.0 Å². The second-order valence-corrected chi connectivity index (χ2v) is 5.90. The third-order valence-corrected chi connectivity index (χ3v) is 4.02. The predicted octanol–water partition coefficient (Wildman–Crippen LogP) is 2.91. The highest BCUT2D eigenvalue weighted by atomic mass is 35.5. The molecule has 1 aliphatic heterocycles. The normalized spacial score (nSPS) is 15.7. The number of halogens is 2. The highest BCUT2D eigenvalue weighted by molar-refractivity contribution is 6.30. The summed E-state index contributed by atoms with van der Waals surface area (Å²) in [6, 6.07) is 6.24. The summed E-state index contributed by atoms with van der Waals surface area (Å²) in [6.07, 6.45) is 1.96. The molecule has 2 N–H and O–H groups in total. The molecule has 2 aromatic rings. The SMILES string of the molecule is Oc1cc(Cl)cc(F)c1-c1ccc(CNC2CCOCC2)nn1. The van der Waals surface area contributed by atoms with Crippen molar-refractivity contribution in [3.05, 3.63) is 40.8 Å². The minimum atomic E-state index is -0.627. The van der Waals surface area contributed by atoms with Crippen LogP contribution in [-0.4, -0.2) is 34.6 Å². The topological polar surface area (TPSA) is 67.3 Å². The van der Waals surface area contributed by atoms with Gasteiger partial charge < -0.3 is 15.2 Å². The molecule has 1 aromatic carbocycles. The van der Waals surface area contributed by atoms with E-state index in [0.29, 0.717) is 12.6 Å². The van der Waals surface area contributed by atoms with Crippen molar-refractivity contribution >= 4 is 11.6 Å². The van der Waals surface area contributed by atoms with Gasteiger partial charge in [0.25, 0.3) is 0 Å². The standard InChI is InChI=1S/C16H17ClFN3O2/c17-10-7-13(18)16(15(22)8-10)14-2-1-12(20-21-14)9-19-11-3-5-23-6-4-11/h1-2,7-8,11,19,22H,3-6,9H2. The van der Waals surface area contributed by atoms with E-state index in [1.54, 1.807) is 12.1 Å². The number of ether oxygens (including phenoxy) is 1. The molecule has 0 bridgehead atoms. The molecule has 122 valence electrons. The first-order chi connectivity index (χ1) is 11.1. The maximum absolute atomic E-state index is 14.0. The third-order valence-electron chi connectivity index (χ3n) is 3.80. The van der Waals surface area contributed by atoms with Gasteiger partial charge in [0.2, 0.25) is 0 Å². The molecule has 1 saturated heterocycles. The van der Waals surface area contributed by atoms with Crippen LogP contribution in [0.2, 0.25) is 5.02 Å². The van der Waals surface area contributed by atoms with E-state index in [-0.39, 0.29) is 22.0 Å². The first-order valence-electron chi connectivity index (χ1n) is 7.45. The van der Waals surface area contributed by atoms with E-state index in [1.807, 2.05) is 0 Å². The van der Waals surface area contributed by atoms with Gasteiger partial charge in [0, 0.05) is 30.8 Å². The van der Waals surface area contributed by atoms with Crippen molar-refractivity contribution in [2.24, 2.45) is 0 Å². The van der Waals surface area contributed by atoms with Crippen molar-refractivity contribution in [1.29, 1.82) is 0 Å². The monoisotopic (exact) mass is 337 g/mol. The van der Waals surface area contributed by atoms with Crippen molar-refractivity contribution < 1.29 is 14.2 Å². The Morgan fingerprint density at radius 1 is 1.26 bits per heavy atom. The van der Waals surface area contributed by atoms with Crippen LogP contribution in [0.25, 0.3) is 11.3 Å². The summed E-state index contributed by atoms with van der Waals surface area (Å²) in [6.45, 7) is 2.14. The van der Waals surface area contributed by atoms with Gasteiger partial charge >= 0.3 is 0 Å². The van der Waals surface area contributed by atoms with E-state index in [1.165, 1.54) is 6.07 Å². The van der Waals surface area contributed by atoms with Gasteiger partial charge in [-0.3, -0.25) is 0 Å². The van der Waals surface area contributed by atoms with Crippen LogP contribution >= 0.6 is 11.6 Å². The highest BCUT2D eigenvalue weighted by Gasteiger charge is 2.15. The molecule has 2 heterocycles. The van der Waals surface area contributed by atoms with Gasteiger partial charge in [0.1, 0.15) is 11.6 Å². The molecule has 5 nitrogen and oxygen atoms in total. The lowest BCUT2D eigenvalue weighted by Crippen LogP contribution is -2.34. The molecular formula is C16H17ClFN3O2. The molecule has 23 heavy (non-hydrogen) atoms. The third kappa shape index (κ3) is 3.96. The first-order valence-corrected chi connectivity index (χ1v) is 7.83. The van der Waals surface area contributed by atoms with Crippen molar-refractivity contribution in [3.8, 4) is 17.0 Å². The van der Waals surface area contributed by atoms with Crippen LogP contribution in [0, 0.1) is 5.82 Å². The Morgan fingerprint density at radius 2 is 2.04 bits per heavy atom. The van der Waals surface area contributed by atoms with Gasteiger partial charge in [-0.2, -0.15) is 5.10 Å². The number of nitrogens with one attached hydrogen (secondary N) is 1. The van der Waals surface area contributed by atoms with Gasteiger partial charge in [-0.05, 0) is 37.1 Å². The van der Waals surface area contributed by atoms with Crippen LogP contribution in [0.5, 0.6) is 5.75 Å². The Kier molecular flexibility index (Phi) is 5.05. The second kappa shape index (κ2) is 7.21. The molecule has 0 amide bonds. The minimum absolute atomic E-state index is 0.00541. The predicted molar refractivity (Wildman–Crippen MR) is 84.8 cm³/mol. The van der Waals surface area contributed by atoms with Crippen LogP contribution in [-0.2, 0) is 11.3 Å². The number of aromatic nitrogens is 2. The average molecular weight is 338 g/mol. The van der Waals surface area contributed by atoms with Crippen LogP contribution < -0.4 is 5.32 Å². The Hall–Kier alpha value is -1.76. The maximum Gasteiger partial charge on any atom is 0.137 e. The van der Waals surface area contributed by atoms with Gasteiger partial charge in [-0.15, -0.1) is 5.10 Å². The number of phenolic OH excluding ortho intramolecular Hbond substituents is 1. The molecule has 0 radical (unpaired) electrons. The lowest BCUT2D eigenvalue weighted by molar-refractivity contribution is 0.0775. The van der Waals surface area contributed by atoms with Gasteiger partial charge in [-0.1, -0.05) is 11.6 Å². The number of rotatable bonds is 4. The zero-order valence-corrected chi connectivity index (χ0v) is 13.2. The maximum atomic E-state index is 14.0. The summed E-state index contributed by atoms with van der Waals surface area (Å²) < 4.78 is 19.3. The summed E-state index contributed by atoms with van der Waals surface area (Å²) >= 11 is 5.70. The van der Waals surface area contributed by atoms with Gasteiger partial charge in [-0.25, -0.2) is 4.39 Å². The van der Waals surface area contributed by atoms with Crippen molar-refractivity contribution in [2.75, 3.05) is 13.2 Å². The number of phenols is 1. The number of benzene rings is 1. The van der Waals surface area contributed by atoms with E-state index in [2.05, 4.69) is 15.5 Å². The molecule has 7 heteroatoms. The van der Waals surface area contributed by atoms with Crippen molar-refractivity contribution in [1.82, 2.24) is 15.5 Å². The molecule has 1 aromatic heterocycles. The first kappa shape index (κ1) is 16.1. The van der Waals surface area contributed by atoms with E-state index >= 15 is 0 Å². The fourth-order valence-electron chi connectivity index (χ4n) is 2.55. The summed E-state index contributed by atoms with van der Waals surface area (Å²) in [4.78, 5) is 0. The van der Waals surface area contributed by atoms with E-state index in [9.17, 15) is 9.50 Å². The molecular weight excluding hydrogens is 321 g/mol. The number of hydrogen-bond donors (Lipinski definition) is 2. The zero-order chi connectivity index (χ0) is 16.2. The second-order valence-electron chi connectivity index (χ2n) is 5.46. The molecule has 1 fully saturated rings. The number of hydrogen-bond acceptors (Lipinski definition) is 5. The van der Waals surface area contributed by atoms with Crippen LogP contribution in [0.4, 0.5) is 4.39 Å². The Balaban J connectivity index is 1.69. The van der Waals surface area contributed by atoms with E-state index in [0.717, 1.165) is 37.8 Å². The molecule has 0 atom stereocenters. The molecule has 0 spiro atoms. The largest absolute Gasteiger partial charge is 0.507 e. The Labute approximate surface area is 138 Å². The lowest BCUT2D eigenvalue weighted by atomic mass is 10.1. The van der Waals surface area contributed by atoms with Crippen LogP contribution in [0.15, 0.2) is 24.3 Å². The quantitative estimate of drug-likeness (QED) is 0.898.